The molecule has 1 heterocycles. The number of nitrogens with zero attached hydrogens (tertiary/aromatic N) is 1. The molecule has 1 aromatic heterocycles. The lowest BCUT2D eigenvalue weighted by molar-refractivity contribution is 0.241. The van der Waals surface area contributed by atoms with Crippen LogP contribution in [0.25, 0.3) is 0 Å². The maximum Gasteiger partial charge on any atom is 0.124 e. The fourth-order valence-electron chi connectivity index (χ4n) is 2.14. The van der Waals surface area contributed by atoms with E-state index in [9.17, 15) is 4.39 Å². The van der Waals surface area contributed by atoms with Crippen molar-refractivity contribution in [3.63, 3.8) is 0 Å². The van der Waals surface area contributed by atoms with Crippen molar-refractivity contribution in [1.82, 2.24) is 4.90 Å². The Morgan fingerprint density at radius 1 is 1.35 bits per heavy atom. The molecule has 1 aromatic carbocycles. The summed E-state index contributed by atoms with van der Waals surface area (Å²) in [5, 5.41) is 2.12. The van der Waals surface area contributed by atoms with E-state index in [4.69, 9.17) is 5.73 Å². The summed E-state index contributed by atoms with van der Waals surface area (Å²) >= 11 is 8.55. The van der Waals surface area contributed by atoms with Gasteiger partial charge in [0.05, 0.1) is 3.79 Å². The molecule has 1 unspecified atom stereocenters. The molecule has 0 aliphatic heterocycles. The van der Waals surface area contributed by atoms with Crippen LogP contribution in [0, 0.1) is 5.82 Å². The zero-order valence-electron chi connectivity index (χ0n) is 10.9. The third-order valence-electron chi connectivity index (χ3n) is 3.13. The van der Waals surface area contributed by atoms with Crippen LogP contribution in [0.4, 0.5) is 4.39 Å². The van der Waals surface area contributed by atoms with Gasteiger partial charge in [-0.2, -0.15) is 0 Å². The second-order valence-electron chi connectivity index (χ2n) is 4.59. The van der Waals surface area contributed by atoms with Crippen LogP contribution in [0.5, 0.6) is 0 Å². The molecular formula is C14H15Br2FN2S. The zero-order valence-corrected chi connectivity index (χ0v) is 14.9. The number of benzene rings is 1. The highest BCUT2D eigenvalue weighted by Gasteiger charge is 2.19. The Kier molecular flexibility index (Phi) is 5.74. The van der Waals surface area contributed by atoms with E-state index in [1.807, 2.05) is 7.05 Å². The zero-order chi connectivity index (χ0) is 14.7. The number of thiophene rings is 1. The van der Waals surface area contributed by atoms with Crippen LogP contribution in [-0.2, 0) is 6.54 Å². The molecule has 2 rings (SSSR count). The van der Waals surface area contributed by atoms with E-state index in [1.165, 1.54) is 17.7 Å². The molecule has 2 aromatic rings. The highest BCUT2D eigenvalue weighted by atomic mass is 79.9. The summed E-state index contributed by atoms with van der Waals surface area (Å²) in [4.78, 5) is 2.17. The number of hydrogen-bond acceptors (Lipinski definition) is 3. The van der Waals surface area contributed by atoms with Gasteiger partial charge in [-0.3, -0.25) is 4.90 Å². The van der Waals surface area contributed by atoms with Gasteiger partial charge < -0.3 is 5.73 Å². The van der Waals surface area contributed by atoms with Crippen LogP contribution in [0.3, 0.4) is 0 Å². The van der Waals surface area contributed by atoms with Crippen LogP contribution in [0.1, 0.15) is 17.2 Å². The molecule has 0 bridgehead atoms. The van der Waals surface area contributed by atoms with Crippen molar-refractivity contribution in [2.24, 2.45) is 5.73 Å². The van der Waals surface area contributed by atoms with E-state index in [2.05, 4.69) is 48.2 Å². The minimum Gasteiger partial charge on any atom is -0.329 e. The van der Waals surface area contributed by atoms with Crippen LogP contribution in [-0.4, -0.2) is 18.5 Å². The summed E-state index contributed by atoms with van der Waals surface area (Å²) in [5.41, 5.74) is 8.15. The molecular weight excluding hydrogens is 407 g/mol. The number of halogens is 3. The molecule has 108 valence electrons. The maximum atomic E-state index is 13.2. The van der Waals surface area contributed by atoms with Crippen molar-refractivity contribution in [3.05, 3.63) is 54.8 Å². The van der Waals surface area contributed by atoms with Gasteiger partial charge in [0.15, 0.2) is 0 Å². The van der Waals surface area contributed by atoms with Crippen molar-refractivity contribution in [3.8, 4) is 0 Å². The van der Waals surface area contributed by atoms with Crippen molar-refractivity contribution in [1.29, 1.82) is 0 Å². The van der Waals surface area contributed by atoms with E-state index in [0.717, 1.165) is 20.4 Å². The number of hydrogen-bond donors (Lipinski definition) is 1. The molecule has 0 saturated heterocycles. The normalized spacial score (nSPS) is 12.9. The highest BCUT2D eigenvalue weighted by molar-refractivity contribution is 9.11. The first-order chi connectivity index (χ1) is 9.51. The molecule has 0 saturated carbocycles. The average molecular weight is 422 g/mol. The smallest absolute Gasteiger partial charge is 0.124 e. The van der Waals surface area contributed by atoms with Gasteiger partial charge in [-0.25, -0.2) is 4.39 Å². The van der Waals surface area contributed by atoms with Gasteiger partial charge in [0.1, 0.15) is 5.82 Å². The topological polar surface area (TPSA) is 29.3 Å². The third-order valence-corrected chi connectivity index (χ3v) is 5.37. The van der Waals surface area contributed by atoms with Crippen molar-refractivity contribution in [2.45, 2.75) is 12.6 Å². The van der Waals surface area contributed by atoms with E-state index >= 15 is 0 Å². The maximum absolute atomic E-state index is 13.2. The van der Waals surface area contributed by atoms with E-state index in [1.54, 1.807) is 17.4 Å². The second kappa shape index (κ2) is 7.13. The summed E-state index contributed by atoms with van der Waals surface area (Å²) in [6, 6.07) is 6.89. The van der Waals surface area contributed by atoms with E-state index in [0.29, 0.717) is 6.54 Å². The predicted molar refractivity (Wildman–Crippen MR) is 89.4 cm³/mol. The molecule has 0 radical (unpaired) electrons. The molecule has 0 aliphatic carbocycles. The van der Waals surface area contributed by atoms with Gasteiger partial charge in [-0.1, -0.05) is 22.0 Å². The summed E-state index contributed by atoms with van der Waals surface area (Å²) in [5.74, 6) is -0.249. The lowest BCUT2D eigenvalue weighted by atomic mass is 10.1. The fourth-order valence-corrected chi connectivity index (χ4v) is 3.96. The van der Waals surface area contributed by atoms with Gasteiger partial charge in [0.2, 0.25) is 0 Å². The minimum atomic E-state index is -0.249. The van der Waals surface area contributed by atoms with Crippen LogP contribution in [0.15, 0.2) is 37.9 Å². The van der Waals surface area contributed by atoms with Crippen molar-refractivity contribution >= 4 is 43.2 Å². The summed E-state index contributed by atoms with van der Waals surface area (Å²) < 4.78 is 15.1. The Hall–Kier alpha value is -0.270. The Bertz CT molecular complexity index is 588. The monoisotopic (exact) mass is 420 g/mol. The number of nitrogens with two attached hydrogens (primary N) is 1. The minimum absolute atomic E-state index is 0.0450. The summed E-state index contributed by atoms with van der Waals surface area (Å²) in [7, 11) is 2.03. The summed E-state index contributed by atoms with van der Waals surface area (Å²) in [6.45, 7) is 1.28. The summed E-state index contributed by atoms with van der Waals surface area (Å²) in [6.07, 6.45) is 0. The number of likely N-dealkylation sites (N-methyl/N-ethyl adjacent to an activating group) is 1. The molecule has 2 nitrogen and oxygen atoms in total. The lowest BCUT2D eigenvalue weighted by Gasteiger charge is -2.28. The van der Waals surface area contributed by atoms with Gasteiger partial charge in [-0.05, 0) is 57.7 Å². The van der Waals surface area contributed by atoms with Gasteiger partial charge in [0.25, 0.3) is 0 Å². The first kappa shape index (κ1) is 16.1. The molecule has 0 aliphatic rings. The molecule has 0 amide bonds. The first-order valence-electron chi connectivity index (χ1n) is 6.09. The number of rotatable bonds is 5. The lowest BCUT2D eigenvalue weighted by Crippen LogP contribution is -2.30. The van der Waals surface area contributed by atoms with Crippen LogP contribution in [0.2, 0.25) is 0 Å². The first-order valence-corrected chi connectivity index (χ1v) is 8.56. The molecule has 1 atom stereocenters. The third kappa shape index (κ3) is 3.89. The molecule has 2 N–H and O–H groups in total. The Morgan fingerprint density at radius 2 is 2.10 bits per heavy atom. The quantitative estimate of drug-likeness (QED) is 0.767. The standard InChI is InChI=1S/C14H15Br2FN2S/c1-19(7-9-4-14(16)20-8-9)13(6-18)11-3-2-10(17)5-12(11)15/h2-5,8,13H,6-7,18H2,1H3. The van der Waals surface area contributed by atoms with Gasteiger partial charge in [-0.15, -0.1) is 11.3 Å². The Labute approximate surface area is 139 Å². The van der Waals surface area contributed by atoms with Gasteiger partial charge >= 0.3 is 0 Å². The van der Waals surface area contributed by atoms with E-state index in [-0.39, 0.29) is 11.9 Å². The average Bonchev–Trinajstić information content (AvgIpc) is 2.78. The largest absolute Gasteiger partial charge is 0.329 e. The Morgan fingerprint density at radius 3 is 2.65 bits per heavy atom. The molecule has 6 heteroatoms. The van der Waals surface area contributed by atoms with Crippen molar-refractivity contribution < 1.29 is 4.39 Å². The molecule has 0 spiro atoms. The highest BCUT2D eigenvalue weighted by Crippen LogP contribution is 2.29. The Balaban J connectivity index is 2.18. The van der Waals surface area contributed by atoms with E-state index < -0.39 is 0 Å². The van der Waals surface area contributed by atoms with Gasteiger partial charge in [0, 0.05) is 23.6 Å². The van der Waals surface area contributed by atoms with Crippen LogP contribution >= 0.6 is 43.2 Å². The molecule has 0 fully saturated rings. The van der Waals surface area contributed by atoms with Crippen LogP contribution < -0.4 is 5.73 Å². The SMILES string of the molecule is CN(Cc1csc(Br)c1)C(CN)c1ccc(F)cc1Br. The predicted octanol–water partition coefficient (Wildman–Crippen LogP) is 4.54. The second-order valence-corrected chi connectivity index (χ2v) is 7.74. The van der Waals surface area contributed by atoms with Crippen molar-refractivity contribution in [2.75, 3.05) is 13.6 Å². The molecule has 20 heavy (non-hydrogen) atoms. The fraction of sp³-hybridized carbons (Fsp3) is 0.286.